The van der Waals surface area contributed by atoms with E-state index in [9.17, 15) is 14.4 Å². The number of carbonyl (C=O) groups is 3. The lowest BCUT2D eigenvalue weighted by Gasteiger charge is -2.15. The number of carbonyl (C=O) groups excluding carboxylic acids is 3. The first-order valence-electron chi connectivity index (χ1n) is 7.20. The van der Waals surface area contributed by atoms with Gasteiger partial charge in [-0.15, -0.1) is 0 Å². The van der Waals surface area contributed by atoms with E-state index in [4.69, 9.17) is 0 Å². The van der Waals surface area contributed by atoms with E-state index in [0.717, 1.165) is 17.0 Å². The van der Waals surface area contributed by atoms with Crippen LogP contribution in [0.2, 0.25) is 0 Å². The van der Waals surface area contributed by atoms with Gasteiger partial charge in [0.25, 0.3) is 5.91 Å². The van der Waals surface area contributed by atoms with Crippen molar-refractivity contribution in [2.45, 2.75) is 45.7 Å². The van der Waals surface area contributed by atoms with E-state index in [1.165, 1.54) is 0 Å². The van der Waals surface area contributed by atoms with Crippen molar-refractivity contribution in [3.05, 3.63) is 17.0 Å². The van der Waals surface area contributed by atoms with Crippen molar-refractivity contribution in [3.63, 3.8) is 0 Å². The van der Waals surface area contributed by atoms with Crippen LogP contribution in [0.1, 0.15) is 42.8 Å². The van der Waals surface area contributed by atoms with Crippen LogP contribution in [0.4, 0.5) is 4.79 Å². The smallest absolute Gasteiger partial charge is 0.322 e. The zero-order valence-electron chi connectivity index (χ0n) is 13.2. The van der Waals surface area contributed by atoms with Crippen LogP contribution >= 0.6 is 0 Å². The maximum absolute atomic E-state index is 12.0. The Labute approximate surface area is 128 Å². The summed E-state index contributed by atoms with van der Waals surface area (Å²) in [6.45, 7) is 5.76. The van der Waals surface area contributed by atoms with Gasteiger partial charge in [-0.2, -0.15) is 5.10 Å². The Morgan fingerprint density at radius 3 is 2.59 bits per heavy atom. The number of nitrogens with zero attached hydrogens (tertiary/aromatic N) is 2. The molecule has 1 fully saturated rings. The monoisotopic (exact) mass is 307 g/mol. The maximum Gasteiger partial charge on any atom is 0.322 e. The molecule has 1 aliphatic heterocycles. The molecule has 8 nitrogen and oxygen atoms in total. The van der Waals surface area contributed by atoms with Gasteiger partial charge in [0, 0.05) is 24.7 Å². The standard InChI is InChI=1S/C14H21N5O3/c1-7(12-8(2)18-19(4)9(12)3)15-11(20)6-5-10-13(21)17-14(22)16-10/h7,10H,5-6H2,1-4H3,(H,15,20)(H2,16,17,21,22)/t7-,10+/m1/s1. The lowest BCUT2D eigenvalue weighted by atomic mass is 10.1. The lowest BCUT2D eigenvalue weighted by Crippen LogP contribution is -2.32. The third kappa shape index (κ3) is 3.26. The largest absolute Gasteiger partial charge is 0.349 e. The normalized spacial score (nSPS) is 18.8. The Bertz CT molecular complexity index is 622. The molecule has 8 heteroatoms. The Kier molecular flexibility index (Phi) is 4.48. The Morgan fingerprint density at radius 2 is 2.09 bits per heavy atom. The molecule has 0 unspecified atom stereocenters. The molecule has 2 atom stereocenters. The van der Waals surface area contributed by atoms with E-state index in [1.807, 2.05) is 27.8 Å². The summed E-state index contributed by atoms with van der Waals surface area (Å²) in [6.07, 6.45) is 0.447. The Morgan fingerprint density at radius 1 is 1.41 bits per heavy atom. The summed E-state index contributed by atoms with van der Waals surface area (Å²) >= 11 is 0. The van der Waals surface area contributed by atoms with Crippen LogP contribution in [0.25, 0.3) is 0 Å². The fraction of sp³-hybridized carbons (Fsp3) is 0.571. The number of nitrogens with one attached hydrogen (secondary N) is 3. The molecular weight excluding hydrogens is 286 g/mol. The molecule has 1 saturated heterocycles. The first-order valence-corrected chi connectivity index (χ1v) is 7.20. The summed E-state index contributed by atoms with van der Waals surface area (Å²) in [5, 5.41) is 11.9. The third-order valence-corrected chi connectivity index (χ3v) is 3.89. The number of hydrogen-bond donors (Lipinski definition) is 3. The van der Waals surface area contributed by atoms with Gasteiger partial charge in [0.2, 0.25) is 5.91 Å². The van der Waals surface area contributed by atoms with Crippen LogP contribution in [-0.2, 0) is 16.6 Å². The van der Waals surface area contributed by atoms with Crippen molar-refractivity contribution < 1.29 is 14.4 Å². The first kappa shape index (κ1) is 16.0. The fourth-order valence-electron chi connectivity index (χ4n) is 2.74. The molecule has 0 saturated carbocycles. The summed E-state index contributed by atoms with van der Waals surface area (Å²) in [7, 11) is 1.86. The summed E-state index contributed by atoms with van der Waals surface area (Å²) in [5.41, 5.74) is 2.89. The number of hydrogen-bond acceptors (Lipinski definition) is 4. The molecule has 1 aliphatic rings. The van der Waals surface area contributed by atoms with Crippen molar-refractivity contribution in [3.8, 4) is 0 Å². The van der Waals surface area contributed by atoms with E-state index in [1.54, 1.807) is 4.68 Å². The number of rotatable bonds is 5. The average Bonchev–Trinajstić information content (AvgIpc) is 2.86. The van der Waals surface area contributed by atoms with Gasteiger partial charge in [-0.3, -0.25) is 19.6 Å². The number of urea groups is 1. The van der Waals surface area contributed by atoms with Gasteiger partial charge >= 0.3 is 6.03 Å². The number of amides is 4. The van der Waals surface area contributed by atoms with Gasteiger partial charge in [0.1, 0.15) is 6.04 Å². The van der Waals surface area contributed by atoms with Crippen LogP contribution in [0.15, 0.2) is 0 Å². The third-order valence-electron chi connectivity index (χ3n) is 3.89. The second-order valence-corrected chi connectivity index (χ2v) is 5.55. The van der Waals surface area contributed by atoms with Crippen LogP contribution in [0.3, 0.4) is 0 Å². The van der Waals surface area contributed by atoms with Crippen LogP contribution in [0.5, 0.6) is 0 Å². The maximum atomic E-state index is 12.0. The summed E-state index contributed by atoms with van der Waals surface area (Å²) in [6, 6.07) is -1.30. The van der Waals surface area contributed by atoms with Crippen LogP contribution in [-0.4, -0.2) is 33.7 Å². The van der Waals surface area contributed by atoms with Gasteiger partial charge in [0.15, 0.2) is 0 Å². The summed E-state index contributed by atoms with van der Waals surface area (Å²) in [4.78, 5) is 34.4. The second-order valence-electron chi connectivity index (χ2n) is 5.55. The SMILES string of the molecule is Cc1nn(C)c(C)c1[C@@H](C)NC(=O)CC[C@@H]1NC(=O)NC1=O. The molecule has 0 spiro atoms. The Balaban J connectivity index is 1.89. The molecule has 0 radical (unpaired) electrons. The van der Waals surface area contributed by atoms with Crippen molar-refractivity contribution in [2.75, 3.05) is 0 Å². The number of aromatic nitrogens is 2. The molecule has 4 amide bonds. The molecule has 0 bridgehead atoms. The highest BCUT2D eigenvalue weighted by Gasteiger charge is 2.29. The van der Waals surface area contributed by atoms with Gasteiger partial charge in [-0.1, -0.05) is 0 Å². The van der Waals surface area contributed by atoms with Crippen molar-refractivity contribution in [1.29, 1.82) is 0 Å². The quantitative estimate of drug-likeness (QED) is 0.676. The molecule has 2 heterocycles. The molecule has 3 N–H and O–H groups in total. The van der Waals surface area contributed by atoms with Gasteiger partial charge < -0.3 is 10.6 Å². The van der Waals surface area contributed by atoms with Crippen LogP contribution in [0, 0.1) is 13.8 Å². The first-order chi connectivity index (χ1) is 10.3. The summed E-state index contributed by atoms with van der Waals surface area (Å²) in [5.74, 6) is -0.547. The van der Waals surface area contributed by atoms with E-state index in [2.05, 4.69) is 21.0 Å². The highest BCUT2D eigenvalue weighted by Crippen LogP contribution is 2.20. The molecule has 2 rings (SSSR count). The molecule has 22 heavy (non-hydrogen) atoms. The van der Waals surface area contributed by atoms with Crippen LogP contribution < -0.4 is 16.0 Å². The predicted octanol–water partition coefficient (Wildman–Crippen LogP) is 0.202. The lowest BCUT2D eigenvalue weighted by molar-refractivity contribution is -0.122. The molecule has 0 aliphatic carbocycles. The zero-order chi connectivity index (χ0) is 16.4. The van der Waals surface area contributed by atoms with E-state index < -0.39 is 12.1 Å². The van der Waals surface area contributed by atoms with Gasteiger partial charge in [-0.05, 0) is 27.2 Å². The molecule has 0 aromatic carbocycles. The van der Waals surface area contributed by atoms with Crippen molar-refractivity contribution in [2.24, 2.45) is 7.05 Å². The van der Waals surface area contributed by atoms with E-state index in [0.29, 0.717) is 0 Å². The zero-order valence-corrected chi connectivity index (χ0v) is 13.2. The number of imide groups is 1. The minimum Gasteiger partial charge on any atom is -0.349 e. The minimum absolute atomic E-state index is 0.159. The fourth-order valence-corrected chi connectivity index (χ4v) is 2.74. The van der Waals surface area contributed by atoms with E-state index >= 15 is 0 Å². The van der Waals surface area contributed by atoms with Gasteiger partial charge in [-0.25, -0.2) is 4.79 Å². The Hall–Kier alpha value is -2.38. The van der Waals surface area contributed by atoms with Gasteiger partial charge in [0.05, 0.1) is 11.7 Å². The van der Waals surface area contributed by atoms with Crippen molar-refractivity contribution in [1.82, 2.24) is 25.7 Å². The second kappa shape index (κ2) is 6.17. The highest BCUT2D eigenvalue weighted by atomic mass is 16.2. The number of aryl methyl sites for hydroxylation is 2. The van der Waals surface area contributed by atoms with E-state index in [-0.39, 0.29) is 30.7 Å². The average molecular weight is 307 g/mol. The predicted molar refractivity (Wildman–Crippen MR) is 78.9 cm³/mol. The highest BCUT2D eigenvalue weighted by molar-refractivity contribution is 6.04. The molecular formula is C14H21N5O3. The topological polar surface area (TPSA) is 105 Å². The molecule has 120 valence electrons. The molecule has 1 aromatic rings. The minimum atomic E-state index is -0.629. The molecule has 1 aromatic heterocycles. The summed E-state index contributed by atoms with van der Waals surface area (Å²) < 4.78 is 1.78. The van der Waals surface area contributed by atoms with Crippen molar-refractivity contribution >= 4 is 17.8 Å².